The van der Waals surface area contributed by atoms with E-state index in [2.05, 4.69) is 4.98 Å². The van der Waals surface area contributed by atoms with Crippen LogP contribution >= 0.6 is 0 Å². The van der Waals surface area contributed by atoms with Crippen molar-refractivity contribution in [2.75, 3.05) is 13.7 Å². The molecule has 1 aromatic carbocycles. The molecule has 1 aromatic heterocycles. The molecule has 0 saturated carbocycles. The Morgan fingerprint density at radius 2 is 1.83 bits per heavy atom. The predicted octanol–water partition coefficient (Wildman–Crippen LogP) is 3.95. The number of carbonyl (C=O) groups excluding carboxylic acids is 1. The van der Waals surface area contributed by atoms with Crippen LogP contribution in [0, 0.1) is 0 Å². The topological polar surface area (TPSA) is 48.4 Å². The lowest BCUT2D eigenvalue weighted by atomic mass is 10.0. The first-order valence-electron chi connectivity index (χ1n) is 6.75. The van der Waals surface area contributed by atoms with Crippen LogP contribution in [0.2, 0.25) is 0 Å². The normalized spacial score (nSPS) is 11.2. The fourth-order valence-corrected chi connectivity index (χ4v) is 1.98. The van der Waals surface area contributed by atoms with Crippen molar-refractivity contribution in [2.24, 2.45) is 0 Å². The second kappa shape index (κ2) is 6.68. The Hall–Kier alpha value is -2.57. The van der Waals surface area contributed by atoms with Gasteiger partial charge in [0, 0.05) is 11.8 Å². The molecule has 122 valence electrons. The molecule has 0 amide bonds. The summed E-state index contributed by atoms with van der Waals surface area (Å²) >= 11 is 0. The van der Waals surface area contributed by atoms with Gasteiger partial charge in [0.1, 0.15) is 5.56 Å². The number of halogens is 3. The number of aromatic nitrogens is 1. The standard InChI is InChI=1S/C16H14F3NO3/c1-3-23-15(21)13-8-11(9-20-14(13)22-2)10-4-6-12(7-5-10)16(17,18)19/h4-9H,3H2,1-2H3. The van der Waals surface area contributed by atoms with Crippen molar-refractivity contribution in [2.45, 2.75) is 13.1 Å². The number of hydrogen-bond donors (Lipinski definition) is 0. The molecule has 4 nitrogen and oxygen atoms in total. The van der Waals surface area contributed by atoms with Crippen LogP contribution in [0.4, 0.5) is 13.2 Å². The van der Waals surface area contributed by atoms with Gasteiger partial charge in [-0.2, -0.15) is 13.2 Å². The Morgan fingerprint density at radius 1 is 1.17 bits per heavy atom. The van der Waals surface area contributed by atoms with E-state index in [0.717, 1.165) is 12.1 Å². The number of methoxy groups -OCH3 is 1. The number of pyridine rings is 1. The first kappa shape index (κ1) is 16.8. The van der Waals surface area contributed by atoms with Crippen LogP contribution in [0.3, 0.4) is 0 Å². The molecule has 0 bridgehead atoms. The summed E-state index contributed by atoms with van der Waals surface area (Å²) in [5, 5.41) is 0. The van der Waals surface area contributed by atoms with Gasteiger partial charge in [-0.1, -0.05) is 12.1 Å². The van der Waals surface area contributed by atoms with Crippen molar-refractivity contribution in [1.82, 2.24) is 4.98 Å². The van der Waals surface area contributed by atoms with Crippen molar-refractivity contribution in [3.05, 3.63) is 47.7 Å². The third kappa shape index (κ3) is 3.80. The van der Waals surface area contributed by atoms with E-state index in [0.29, 0.717) is 11.1 Å². The molecule has 0 saturated heterocycles. The molecule has 1 heterocycles. The smallest absolute Gasteiger partial charge is 0.416 e. The number of rotatable bonds is 4. The third-order valence-corrected chi connectivity index (χ3v) is 3.09. The average molecular weight is 325 g/mol. The van der Waals surface area contributed by atoms with Crippen LogP contribution in [-0.2, 0) is 10.9 Å². The van der Waals surface area contributed by atoms with Crippen molar-refractivity contribution in [1.29, 1.82) is 0 Å². The van der Waals surface area contributed by atoms with Crippen molar-refractivity contribution in [3.63, 3.8) is 0 Å². The Kier molecular flexibility index (Phi) is 4.88. The van der Waals surface area contributed by atoms with Crippen molar-refractivity contribution in [3.8, 4) is 17.0 Å². The summed E-state index contributed by atoms with van der Waals surface area (Å²) in [7, 11) is 1.36. The summed E-state index contributed by atoms with van der Waals surface area (Å²) in [4.78, 5) is 15.9. The first-order valence-corrected chi connectivity index (χ1v) is 6.75. The van der Waals surface area contributed by atoms with Crippen LogP contribution in [0.1, 0.15) is 22.8 Å². The van der Waals surface area contributed by atoms with Gasteiger partial charge in [-0.15, -0.1) is 0 Å². The zero-order valence-corrected chi connectivity index (χ0v) is 12.5. The quantitative estimate of drug-likeness (QED) is 0.799. The minimum Gasteiger partial charge on any atom is -0.480 e. The van der Waals surface area contributed by atoms with E-state index in [-0.39, 0.29) is 18.1 Å². The minimum atomic E-state index is -4.40. The monoisotopic (exact) mass is 325 g/mol. The molecule has 0 spiro atoms. The van der Waals surface area contributed by atoms with Crippen LogP contribution in [-0.4, -0.2) is 24.7 Å². The summed E-state index contributed by atoms with van der Waals surface area (Å²) in [6.45, 7) is 1.85. The van der Waals surface area contributed by atoms with Gasteiger partial charge in [0.05, 0.1) is 19.3 Å². The van der Waals surface area contributed by atoms with Gasteiger partial charge in [0.25, 0.3) is 0 Å². The number of alkyl halides is 3. The highest BCUT2D eigenvalue weighted by Gasteiger charge is 2.30. The first-order chi connectivity index (χ1) is 10.9. The molecule has 2 rings (SSSR count). The summed E-state index contributed by atoms with van der Waals surface area (Å²) in [6.07, 6.45) is -2.98. The van der Waals surface area contributed by atoms with E-state index in [1.165, 1.54) is 31.5 Å². The SMILES string of the molecule is CCOC(=O)c1cc(-c2ccc(C(F)(F)F)cc2)cnc1OC. The molecule has 0 unspecified atom stereocenters. The number of ether oxygens (including phenoxy) is 2. The molecular formula is C16H14F3NO3. The number of nitrogens with zero attached hydrogens (tertiary/aromatic N) is 1. The van der Waals surface area contributed by atoms with Gasteiger partial charge in [-0.25, -0.2) is 9.78 Å². The number of carbonyl (C=O) groups is 1. The highest BCUT2D eigenvalue weighted by molar-refractivity contribution is 5.93. The fraction of sp³-hybridized carbons (Fsp3) is 0.250. The van der Waals surface area contributed by atoms with Gasteiger partial charge in [0.2, 0.25) is 5.88 Å². The summed E-state index contributed by atoms with van der Waals surface area (Å²) in [6, 6.07) is 6.07. The maximum absolute atomic E-state index is 12.6. The zero-order valence-electron chi connectivity index (χ0n) is 12.5. The Balaban J connectivity index is 2.40. The number of esters is 1. The van der Waals surface area contributed by atoms with E-state index in [9.17, 15) is 18.0 Å². The van der Waals surface area contributed by atoms with Gasteiger partial charge >= 0.3 is 12.1 Å². The maximum Gasteiger partial charge on any atom is 0.416 e. The molecule has 7 heteroatoms. The summed E-state index contributed by atoms with van der Waals surface area (Å²) in [5.41, 5.74) is 0.362. The minimum absolute atomic E-state index is 0.0964. The van der Waals surface area contributed by atoms with E-state index in [1.54, 1.807) is 6.92 Å². The van der Waals surface area contributed by atoms with Crippen molar-refractivity contribution < 1.29 is 27.4 Å². The predicted molar refractivity (Wildman–Crippen MR) is 77.2 cm³/mol. The second-order valence-corrected chi connectivity index (χ2v) is 4.58. The number of benzene rings is 1. The molecule has 0 aliphatic heterocycles. The summed E-state index contributed by atoms with van der Waals surface area (Å²) < 4.78 is 47.7. The van der Waals surface area contributed by atoms with E-state index in [1.807, 2.05) is 0 Å². The summed E-state index contributed by atoms with van der Waals surface area (Å²) in [5.74, 6) is -0.510. The van der Waals surface area contributed by atoms with Gasteiger partial charge in [-0.3, -0.25) is 0 Å². The Morgan fingerprint density at radius 3 is 2.35 bits per heavy atom. The van der Waals surface area contributed by atoms with E-state index in [4.69, 9.17) is 9.47 Å². The molecule has 0 aliphatic rings. The largest absolute Gasteiger partial charge is 0.480 e. The molecule has 0 atom stereocenters. The van der Waals surface area contributed by atoms with Crippen molar-refractivity contribution >= 4 is 5.97 Å². The molecule has 0 aliphatic carbocycles. The Bertz CT molecular complexity index is 697. The number of hydrogen-bond acceptors (Lipinski definition) is 4. The zero-order chi connectivity index (χ0) is 17.0. The molecule has 2 aromatic rings. The van der Waals surface area contributed by atoms with Crippen LogP contribution in [0.15, 0.2) is 36.5 Å². The van der Waals surface area contributed by atoms with E-state index >= 15 is 0 Å². The van der Waals surface area contributed by atoms with Crippen LogP contribution < -0.4 is 4.74 Å². The molecule has 23 heavy (non-hydrogen) atoms. The molecule has 0 fully saturated rings. The lowest BCUT2D eigenvalue weighted by Gasteiger charge is -2.10. The average Bonchev–Trinajstić information content (AvgIpc) is 2.54. The Labute approximate surface area is 130 Å². The van der Waals surface area contributed by atoms with Crippen LogP contribution in [0.25, 0.3) is 11.1 Å². The van der Waals surface area contributed by atoms with E-state index < -0.39 is 17.7 Å². The lowest BCUT2D eigenvalue weighted by molar-refractivity contribution is -0.137. The lowest BCUT2D eigenvalue weighted by Crippen LogP contribution is -2.08. The highest BCUT2D eigenvalue weighted by Crippen LogP contribution is 2.31. The van der Waals surface area contributed by atoms with Crippen LogP contribution in [0.5, 0.6) is 5.88 Å². The fourth-order valence-electron chi connectivity index (χ4n) is 1.98. The third-order valence-electron chi connectivity index (χ3n) is 3.09. The highest BCUT2D eigenvalue weighted by atomic mass is 19.4. The molecular weight excluding hydrogens is 311 g/mol. The van der Waals surface area contributed by atoms with Gasteiger partial charge in [0.15, 0.2) is 0 Å². The molecule has 0 radical (unpaired) electrons. The van der Waals surface area contributed by atoms with Gasteiger partial charge in [-0.05, 0) is 30.7 Å². The van der Waals surface area contributed by atoms with Gasteiger partial charge < -0.3 is 9.47 Å². The maximum atomic E-state index is 12.6. The molecule has 0 N–H and O–H groups in total. The second-order valence-electron chi connectivity index (χ2n) is 4.58.